The third-order valence-electron chi connectivity index (χ3n) is 7.58. The summed E-state index contributed by atoms with van der Waals surface area (Å²) in [5, 5.41) is 22.1. The van der Waals surface area contributed by atoms with Gasteiger partial charge in [-0.3, -0.25) is 19.4 Å². The molecule has 0 aliphatic carbocycles. The van der Waals surface area contributed by atoms with Gasteiger partial charge in [0, 0.05) is 36.5 Å². The number of amides is 3. The van der Waals surface area contributed by atoms with Crippen LogP contribution in [0.15, 0.2) is 65.8 Å². The zero-order chi connectivity index (χ0) is 31.5. The van der Waals surface area contributed by atoms with E-state index in [-0.39, 0.29) is 37.7 Å². The Balaban J connectivity index is 1.54. The standard InChI is InChI=1S/C31H40N8O5/c32-31(33)35-15-7-13-24(30(43)44)37-28(41)25(16-19-8-2-1-3-9-19)38-29(42)26(39-27(40)23-12-6-14-34-23)17-20-18-36-22-11-5-4-10-21(20)22/h1-5,8-11,18,23-26,34,36H,6-7,12-17H2,(H,37,41)(H,38,42)(H,39,40)(H,43,44)(H4,32,33,35). The van der Waals surface area contributed by atoms with E-state index in [1.165, 1.54) is 0 Å². The highest BCUT2D eigenvalue weighted by Gasteiger charge is 2.32. The van der Waals surface area contributed by atoms with E-state index >= 15 is 0 Å². The molecule has 0 bridgehead atoms. The van der Waals surface area contributed by atoms with Gasteiger partial charge in [0.25, 0.3) is 0 Å². The average molecular weight is 605 g/mol. The minimum absolute atomic E-state index is 0.0808. The van der Waals surface area contributed by atoms with Crippen molar-refractivity contribution in [3.05, 3.63) is 71.9 Å². The second-order valence-corrected chi connectivity index (χ2v) is 10.9. The number of hydrogen-bond acceptors (Lipinski definition) is 6. The highest BCUT2D eigenvalue weighted by atomic mass is 16.4. The molecule has 44 heavy (non-hydrogen) atoms. The van der Waals surface area contributed by atoms with Crippen molar-refractivity contribution < 1.29 is 24.3 Å². The molecule has 2 heterocycles. The van der Waals surface area contributed by atoms with Crippen LogP contribution in [-0.4, -0.2) is 77.0 Å². The van der Waals surface area contributed by atoms with Crippen molar-refractivity contribution in [1.82, 2.24) is 26.3 Å². The van der Waals surface area contributed by atoms with Crippen LogP contribution < -0.4 is 32.7 Å². The predicted octanol–water partition coefficient (Wildman–Crippen LogP) is 0.298. The lowest BCUT2D eigenvalue weighted by Crippen LogP contribution is -2.58. The van der Waals surface area contributed by atoms with E-state index in [4.69, 9.17) is 11.5 Å². The van der Waals surface area contributed by atoms with Crippen LogP contribution in [0.25, 0.3) is 10.9 Å². The van der Waals surface area contributed by atoms with E-state index in [1.54, 1.807) is 6.20 Å². The number of nitrogens with two attached hydrogens (primary N) is 2. The van der Waals surface area contributed by atoms with E-state index in [0.29, 0.717) is 19.4 Å². The fourth-order valence-corrected chi connectivity index (χ4v) is 5.27. The Morgan fingerprint density at radius 3 is 2.27 bits per heavy atom. The fraction of sp³-hybridized carbons (Fsp3) is 0.387. The molecule has 10 N–H and O–H groups in total. The van der Waals surface area contributed by atoms with Crippen LogP contribution in [0, 0.1) is 0 Å². The van der Waals surface area contributed by atoms with Gasteiger partial charge in [0.2, 0.25) is 17.7 Å². The maximum absolute atomic E-state index is 13.9. The third kappa shape index (κ3) is 9.04. The highest BCUT2D eigenvalue weighted by molar-refractivity contribution is 5.95. The number of aliphatic carboxylic acids is 1. The Kier molecular flexibility index (Phi) is 11.3. The normalized spacial score (nSPS) is 16.4. The van der Waals surface area contributed by atoms with Gasteiger partial charge in [-0.1, -0.05) is 48.5 Å². The van der Waals surface area contributed by atoms with Crippen LogP contribution in [0.5, 0.6) is 0 Å². The summed E-state index contributed by atoms with van der Waals surface area (Å²) < 4.78 is 0. The molecular weight excluding hydrogens is 564 g/mol. The molecule has 4 atom stereocenters. The molecule has 4 unspecified atom stereocenters. The number of carboxylic acids is 1. The highest BCUT2D eigenvalue weighted by Crippen LogP contribution is 2.20. The molecular formula is C31H40N8O5. The molecule has 0 radical (unpaired) electrons. The van der Waals surface area contributed by atoms with Crippen molar-refractivity contribution in [2.75, 3.05) is 13.1 Å². The van der Waals surface area contributed by atoms with Crippen molar-refractivity contribution in [2.24, 2.45) is 16.5 Å². The summed E-state index contributed by atoms with van der Waals surface area (Å²) in [4.78, 5) is 59.5. The number of carboxylic acid groups (broad SMARTS) is 1. The van der Waals surface area contributed by atoms with Crippen LogP contribution in [-0.2, 0) is 32.0 Å². The number of rotatable bonds is 15. The van der Waals surface area contributed by atoms with Crippen LogP contribution in [0.3, 0.4) is 0 Å². The number of benzene rings is 2. The van der Waals surface area contributed by atoms with Gasteiger partial charge in [-0.25, -0.2) is 4.79 Å². The Labute approximate surface area is 255 Å². The molecule has 3 aromatic rings. The summed E-state index contributed by atoms with van der Waals surface area (Å²) in [7, 11) is 0. The monoisotopic (exact) mass is 604 g/mol. The molecule has 2 aromatic carbocycles. The van der Waals surface area contributed by atoms with Crippen molar-refractivity contribution >= 4 is 40.6 Å². The van der Waals surface area contributed by atoms with Gasteiger partial charge in [0.1, 0.15) is 18.1 Å². The molecule has 1 fully saturated rings. The number of aromatic nitrogens is 1. The van der Waals surface area contributed by atoms with Crippen LogP contribution >= 0.6 is 0 Å². The lowest BCUT2D eigenvalue weighted by molar-refractivity contribution is -0.142. The van der Waals surface area contributed by atoms with Crippen molar-refractivity contribution in [3.8, 4) is 0 Å². The Morgan fingerprint density at radius 2 is 1.59 bits per heavy atom. The number of nitrogens with one attached hydrogen (secondary N) is 5. The van der Waals surface area contributed by atoms with Crippen molar-refractivity contribution in [3.63, 3.8) is 0 Å². The minimum Gasteiger partial charge on any atom is -0.480 e. The average Bonchev–Trinajstić information content (AvgIpc) is 3.69. The molecule has 13 heteroatoms. The lowest BCUT2D eigenvalue weighted by Gasteiger charge is -2.25. The minimum atomic E-state index is -1.22. The molecule has 1 saturated heterocycles. The smallest absolute Gasteiger partial charge is 0.326 e. The number of aliphatic imine (C=N–C) groups is 1. The summed E-state index contributed by atoms with van der Waals surface area (Å²) >= 11 is 0. The molecule has 0 spiro atoms. The zero-order valence-corrected chi connectivity index (χ0v) is 24.4. The topological polar surface area (TPSA) is 217 Å². The van der Waals surface area contributed by atoms with Crippen molar-refractivity contribution in [2.45, 2.75) is 62.7 Å². The van der Waals surface area contributed by atoms with Gasteiger partial charge in [-0.15, -0.1) is 0 Å². The molecule has 1 aliphatic heterocycles. The van der Waals surface area contributed by atoms with E-state index in [1.807, 2.05) is 54.6 Å². The van der Waals surface area contributed by atoms with Crippen LogP contribution in [0.2, 0.25) is 0 Å². The third-order valence-corrected chi connectivity index (χ3v) is 7.58. The van der Waals surface area contributed by atoms with Gasteiger partial charge in [0.05, 0.1) is 6.04 Å². The van der Waals surface area contributed by atoms with Gasteiger partial charge in [-0.05, 0) is 49.4 Å². The number of nitrogens with zero attached hydrogens (tertiary/aromatic N) is 1. The first-order chi connectivity index (χ1) is 21.2. The summed E-state index contributed by atoms with van der Waals surface area (Å²) in [6.45, 7) is 0.921. The summed E-state index contributed by atoms with van der Waals surface area (Å²) in [5.74, 6) is -2.84. The van der Waals surface area contributed by atoms with E-state index in [2.05, 4.69) is 31.2 Å². The number of guanidine groups is 1. The SMILES string of the molecule is NC(N)=NCCCC(NC(=O)C(Cc1ccccc1)NC(=O)C(Cc1c[nH]c2ccccc12)NC(=O)C1CCCN1)C(=O)O. The summed E-state index contributed by atoms with van der Waals surface area (Å²) in [5.41, 5.74) is 13.2. The lowest BCUT2D eigenvalue weighted by atomic mass is 10.0. The molecule has 1 aromatic heterocycles. The largest absolute Gasteiger partial charge is 0.480 e. The Bertz CT molecular complexity index is 1460. The fourth-order valence-electron chi connectivity index (χ4n) is 5.27. The molecule has 0 saturated carbocycles. The number of H-pyrrole nitrogens is 1. The second-order valence-electron chi connectivity index (χ2n) is 10.9. The maximum Gasteiger partial charge on any atom is 0.326 e. The predicted molar refractivity (Wildman–Crippen MR) is 167 cm³/mol. The molecule has 4 rings (SSSR count). The summed E-state index contributed by atoms with van der Waals surface area (Å²) in [6.07, 6.45) is 4.00. The Morgan fingerprint density at radius 1 is 0.909 bits per heavy atom. The first-order valence-corrected chi connectivity index (χ1v) is 14.7. The van der Waals surface area contributed by atoms with Gasteiger partial charge >= 0.3 is 5.97 Å². The zero-order valence-electron chi connectivity index (χ0n) is 24.4. The summed E-state index contributed by atoms with van der Waals surface area (Å²) in [6, 6.07) is 13.0. The van der Waals surface area contributed by atoms with E-state index in [9.17, 15) is 24.3 Å². The van der Waals surface area contributed by atoms with E-state index in [0.717, 1.165) is 28.5 Å². The van der Waals surface area contributed by atoms with Gasteiger partial charge in [0.15, 0.2) is 5.96 Å². The number of carbonyl (C=O) groups is 4. The quantitative estimate of drug-likeness (QED) is 0.0684. The Hall–Kier alpha value is -4.91. The number of hydrogen-bond donors (Lipinski definition) is 8. The molecule has 3 amide bonds. The van der Waals surface area contributed by atoms with Crippen LogP contribution in [0.1, 0.15) is 36.8 Å². The van der Waals surface area contributed by atoms with Crippen molar-refractivity contribution in [1.29, 1.82) is 0 Å². The molecule has 1 aliphatic rings. The number of carbonyl (C=O) groups excluding carboxylic acids is 3. The van der Waals surface area contributed by atoms with Gasteiger partial charge in [-0.2, -0.15) is 0 Å². The first-order valence-electron chi connectivity index (χ1n) is 14.7. The maximum atomic E-state index is 13.9. The number of fused-ring (bicyclic) bond motifs is 1. The number of para-hydroxylation sites is 1. The van der Waals surface area contributed by atoms with E-state index < -0.39 is 42.0 Å². The molecule has 234 valence electrons. The first kappa shape index (κ1) is 32.0. The molecule has 13 nitrogen and oxygen atoms in total. The number of aromatic amines is 1. The van der Waals surface area contributed by atoms with Crippen LogP contribution in [0.4, 0.5) is 0 Å². The van der Waals surface area contributed by atoms with Gasteiger partial charge < -0.3 is 42.8 Å². The second kappa shape index (κ2) is 15.5.